The minimum atomic E-state index is -2.87. The van der Waals surface area contributed by atoms with E-state index in [0.717, 1.165) is 6.20 Å². The molecule has 0 bridgehead atoms. The summed E-state index contributed by atoms with van der Waals surface area (Å²) in [4.78, 5) is 18.7. The fourth-order valence-electron chi connectivity index (χ4n) is 1.16. The van der Waals surface area contributed by atoms with E-state index in [2.05, 4.69) is 14.7 Å². The smallest absolute Gasteiger partial charge is 0.341 e. The molecule has 0 aliphatic heterocycles. The van der Waals surface area contributed by atoms with E-state index in [4.69, 9.17) is 4.74 Å². The fourth-order valence-corrected chi connectivity index (χ4v) is 1.16. The minimum Gasteiger partial charge on any atom is -0.462 e. The normalized spacial score (nSPS) is 10.6. The van der Waals surface area contributed by atoms with Crippen LogP contribution < -0.4 is 0 Å². The molecule has 1 aromatic rings. The van der Waals surface area contributed by atoms with Gasteiger partial charge in [0.05, 0.1) is 6.61 Å². The standard InChI is InChI=1S/C10H12F2N2O3/c1-3-17-10(15)6-4-13-7(5-16-2)14-8(6)9(11)12/h4,9H,3,5H2,1-2H3. The van der Waals surface area contributed by atoms with Gasteiger partial charge in [0.2, 0.25) is 0 Å². The van der Waals surface area contributed by atoms with Gasteiger partial charge < -0.3 is 9.47 Å². The van der Waals surface area contributed by atoms with Crippen LogP contribution in [0.15, 0.2) is 6.20 Å². The molecule has 0 atom stereocenters. The summed E-state index contributed by atoms with van der Waals surface area (Å²) in [6, 6.07) is 0. The molecule has 0 saturated heterocycles. The number of nitrogens with zero attached hydrogens (tertiary/aromatic N) is 2. The topological polar surface area (TPSA) is 61.3 Å². The maximum atomic E-state index is 12.7. The lowest BCUT2D eigenvalue weighted by Gasteiger charge is -2.08. The predicted molar refractivity (Wildman–Crippen MR) is 53.7 cm³/mol. The molecule has 0 amide bonds. The summed E-state index contributed by atoms with van der Waals surface area (Å²) < 4.78 is 34.8. The third-order valence-corrected chi connectivity index (χ3v) is 1.84. The zero-order valence-electron chi connectivity index (χ0n) is 9.44. The van der Waals surface area contributed by atoms with Gasteiger partial charge in [-0.05, 0) is 6.92 Å². The summed E-state index contributed by atoms with van der Waals surface area (Å²) in [6.45, 7) is 1.68. The van der Waals surface area contributed by atoms with Gasteiger partial charge in [0, 0.05) is 13.3 Å². The second-order valence-electron chi connectivity index (χ2n) is 3.04. The van der Waals surface area contributed by atoms with Crippen molar-refractivity contribution in [2.75, 3.05) is 13.7 Å². The van der Waals surface area contributed by atoms with E-state index >= 15 is 0 Å². The highest BCUT2D eigenvalue weighted by molar-refractivity contribution is 5.90. The number of carbonyl (C=O) groups is 1. The molecule has 1 aromatic heterocycles. The van der Waals surface area contributed by atoms with Crippen LogP contribution in [0.2, 0.25) is 0 Å². The summed E-state index contributed by atoms with van der Waals surface area (Å²) in [5.74, 6) is -0.761. The number of ether oxygens (including phenoxy) is 2. The third kappa shape index (κ3) is 3.42. The first kappa shape index (κ1) is 13.4. The number of methoxy groups -OCH3 is 1. The second-order valence-corrected chi connectivity index (χ2v) is 3.04. The molecule has 5 nitrogen and oxygen atoms in total. The van der Waals surface area contributed by atoms with Crippen LogP contribution >= 0.6 is 0 Å². The Balaban J connectivity index is 3.08. The molecule has 0 fully saturated rings. The summed E-state index contributed by atoms with van der Waals surface area (Å²) in [5, 5.41) is 0. The maximum absolute atomic E-state index is 12.7. The highest BCUT2D eigenvalue weighted by atomic mass is 19.3. The van der Waals surface area contributed by atoms with Crippen molar-refractivity contribution >= 4 is 5.97 Å². The third-order valence-electron chi connectivity index (χ3n) is 1.84. The lowest BCUT2D eigenvalue weighted by Crippen LogP contribution is -2.13. The van der Waals surface area contributed by atoms with Crippen LogP contribution in [0, 0.1) is 0 Å². The molecule has 1 rings (SSSR count). The maximum Gasteiger partial charge on any atom is 0.341 e. The first-order chi connectivity index (χ1) is 8.10. The fraction of sp³-hybridized carbons (Fsp3) is 0.500. The van der Waals surface area contributed by atoms with Crippen LogP contribution in [0.25, 0.3) is 0 Å². The number of esters is 1. The molecule has 0 aromatic carbocycles. The lowest BCUT2D eigenvalue weighted by atomic mass is 10.2. The summed E-state index contributed by atoms with van der Waals surface area (Å²) in [6.07, 6.45) is -1.84. The highest BCUT2D eigenvalue weighted by Gasteiger charge is 2.22. The van der Waals surface area contributed by atoms with Crippen molar-refractivity contribution in [2.45, 2.75) is 20.0 Å². The second kappa shape index (κ2) is 6.19. The van der Waals surface area contributed by atoms with E-state index in [1.807, 2.05) is 0 Å². The zero-order valence-corrected chi connectivity index (χ0v) is 9.44. The number of aromatic nitrogens is 2. The number of halogens is 2. The summed E-state index contributed by atoms with van der Waals surface area (Å²) in [7, 11) is 1.39. The number of rotatable bonds is 5. The van der Waals surface area contributed by atoms with Gasteiger partial charge in [-0.25, -0.2) is 23.5 Å². The van der Waals surface area contributed by atoms with Gasteiger partial charge in [0.15, 0.2) is 5.82 Å². The van der Waals surface area contributed by atoms with Crippen LogP contribution in [0.3, 0.4) is 0 Å². The van der Waals surface area contributed by atoms with Crippen LogP contribution in [-0.4, -0.2) is 29.7 Å². The van der Waals surface area contributed by atoms with Crippen molar-refractivity contribution < 1.29 is 23.0 Å². The minimum absolute atomic E-state index is 0.00280. The van der Waals surface area contributed by atoms with Crippen molar-refractivity contribution in [2.24, 2.45) is 0 Å². The largest absolute Gasteiger partial charge is 0.462 e. The lowest BCUT2D eigenvalue weighted by molar-refractivity contribution is 0.0512. The molecule has 0 radical (unpaired) electrons. The SMILES string of the molecule is CCOC(=O)c1cnc(COC)nc1C(F)F. The van der Waals surface area contributed by atoms with Gasteiger partial charge in [-0.3, -0.25) is 0 Å². The van der Waals surface area contributed by atoms with E-state index in [-0.39, 0.29) is 24.6 Å². The van der Waals surface area contributed by atoms with Gasteiger partial charge in [-0.1, -0.05) is 0 Å². The van der Waals surface area contributed by atoms with Crippen molar-refractivity contribution in [1.82, 2.24) is 9.97 Å². The molecule has 7 heteroatoms. The van der Waals surface area contributed by atoms with E-state index < -0.39 is 18.1 Å². The monoisotopic (exact) mass is 246 g/mol. The van der Waals surface area contributed by atoms with Gasteiger partial charge in [-0.2, -0.15) is 0 Å². The average Bonchev–Trinajstić information content (AvgIpc) is 2.29. The van der Waals surface area contributed by atoms with E-state index in [1.165, 1.54) is 7.11 Å². The Morgan fingerprint density at radius 2 is 2.24 bits per heavy atom. The van der Waals surface area contributed by atoms with Gasteiger partial charge in [-0.15, -0.1) is 0 Å². The Kier molecular flexibility index (Phi) is 4.89. The first-order valence-electron chi connectivity index (χ1n) is 4.90. The molecule has 0 aliphatic rings. The van der Waals surface area contributed by atoms with Crippen molar-refractivity contribution in [1.29, 1.82) is 0 Å². The molecule has 1 heterocycles. The van der Waals surface area contributed by atoms with Gasteiger partial charge >= 0.3 is 5.97 Å². The Morgan fingerprint density at radius 3 is 2.76 bits per heavy atom. The summed E-state index contributed by atoms with van der Waals surface area (Å²) in [5.41, 5.74) is -0.952. The molecular weight excluding hydrogens is 234 g/mol. The highest BCUT2D eigenvalue weighted by Crippen LogP contribution is 2.21. The van der Waals surface area contributed by atoms with Crippen molar-refractivity contribution in [3.63, 3.8) is 0 Å². The van der Waals surface area contributed by atoms with E-state index in [1.54, 1.807) is 6.92 Å². The quantitative estimate of drug-likeness (QED) is 0.740. The van der Waals surface area contributed by atoms with E-state index in [0.29, 0.717) is 0 Å². The molecule has 0 spiro atoms. The predicted octanol–water partition coefficient (Wildman–Crippen LogP) is 1.74. The Labute approximate surface area is 96.8 Å². The van der Waals surface area contributed by atoms with Crippen molar-refractivity contribution in [3.05, 3.63) is 23.3 Å². The molecule has 0 N–H and O–H groups in total. The van der Waals surface area contributed by atoms with Crippen LogP contribution in [0.1, 0.15) is 35.2 Å². The van der Waals surface area contributed by atoms with Gasteiger partial charge in [0.25, 0.3) is 6.43 Å². The zero-order chi connectivity index (χ0) is 12.8. The van der Waals surface area contributed by atoms with Gasteiger partial charge in [0.1, 0.15) is 17.9 Å². The molecule has 0 unspecified atom stereocenters. The Hall–Kier alpha value is -1.63. The Bertz CT molecular complexity index is 399. The number of hydrogen-bond donors (Lipinski definition) is 0. The van der Waals surface area contributed by atoms with Crippen LogP contribution in [0.4, 0.5) is 8.78 Å². The number of carbonyl (C=O) groups excluding carboxylic acids is 1. The Morgan fingerprint density at radius 1 is 1.53 bits per heavy atom. The number of hydrogen-bond acceptors (Lipinski definition) is 5. The molecule has 94 valence electrons. The first-order valence-corrected chi connectivity index (χ1v) is 4.90. The molecular formula is C10H12F2N2O3. The molecule has 17 heavy (non-hydrogen) atoms. The molecule has 0 saturated carbocycles. The van der Waals surface area contributed by atoms with E-state index in [9.17, 15) is 13.6 Å². The molecule has 0 aliphatic carbocycles. The van der Waals surface area contributed by atoms with Crippen molar-refractivity contribution in [3.8, 4) is 0 Å². The van der Waals surface area contributed by atoms with Crippen LogP contribution in [0.5, 0.6) is 0 Å². The summed E-state index contributed by atoms with van der Waals surface area (Å²) >= 11 is 0. The van der Waals surface area contributed by atoms with Crippen LogP contribution in [-0.2, 0) is 16.1 Å². The average molecular weight is 246 g/mol. The number of alkyl halides is 2.